The minimum Gasteiger partial charge on any atom is -0.407 e. The Morgan fingerprint density at radius 2 is 2.14 bits per heavy atom. The average Bonchev–Trinajstić information content (AvgIpc) is 2.89. The molecule has 3 rings (SSSR count). The number of rotatable bonds is 4. The molecule has 2 aromatic heterocycles. The van der Waals surface area contributed by atoms with Crippen LogP contribution in [0.3, 0.4) is 0 Å². The van der Waals surface area contributed by atoms with E-state index in [2.05, 4.69) is 20.4 Å². The summed E-state index contributed by atoms with van der Waals surface area (Å²) in [6.45, 7) is 0.184. The van der Waals surface area contributed by atoms with Gasteiger partial charge < -0.3 is 9.73 Å². The number of aromatic nitrogens is 4. The molecule has 0 amide bonds. The van der Waals surface area contributed by atoms with Gasteiger partial charge in [-0.3, -0.25) is 4.98 Å². The molecule has 8 heteroatoms. The van der Waals surface area contributed by atoms with Crippen LogP contribution in [-0.4, -0.2) is 19.7 Å². The summed E-state index contributed by atoms with van der Waals surface area (Å²) in [6, 6.07) is 6.35. The average molecular weight is 303 g/mol. The van der Waals surface area contributed by atoms with Crippen LogP contribution in [0.25, 0.3) is 11.6 Å². The van der Waals surface area contributed by atoms with E-state index in [1.165, 1.54) is 23.1 Å². The van der Waals surface area contributed by atoms with Crippen LogP contribution in [0.5, 0.6) is 0 Å². The highest BCUT2D eigenvalue weighted by molar-refractivity contribution is 7.71. The first-order valence-electron chi connectivity index (χ1n) is 6.07. The van der Waals surface area contributed by atoms with Gasteiger partial charge in [-0.25, -0.2) is 14.1 Å². The molecule has 1 N–H and O–H groups in total. The second-order valence-electron chi connectivity index (χ2n) is 4.08. The Hall–Kier alpha value is -2.61. The maximum absolute atomic E-state index is 13.5. The summed E-state index contributed by atoms with van der Waals surface area (Å²) in [5, 5.41) is 7.08. The Morgan fingerprint density at radius 1 is 1.29 bits per heavy atom. The second-order valence-corrected chi connectivity index (χ2v) is 4.43. The molecular formula is C13H10FN5OS. The highest BCUT2D eigenvalue weighted by atomic mass is 32.1. The van der Waals surface area contributed by atoms with Crippen LogP contribution in [0.1, 0.15) is 0 Å². The van der Waals surface area contributed by atoms with Crippen molar-refractivity contribution in [3.8, 4) is 11.6 Å². The van der Waals surface area contributed by atoms with Crippen molar-refractivity contribution in [3.05, 3.63) is 53.5 Å². The molecule has 1 aromatic carbocycles. The van der Waals surface area contributed by atoms with Crippen molar-refractivity contribution in [2.75, 3.05) is 5.32 Å². The van der Waals surface area contributed by atoms with Crippen LogP contribution in [0, 0.1) is 10.7 Å². The zero-order valence-corrected chi connectivity index (χ0v) is 11.5. The molecule has 21 heavy (non-hydrogen) atoms. The van der Waals surface area contributed by atoms with E-state index in [4.69, 9.17) is 16.6 Å². The predicted molar refractivity (Wildman–Crippen MR) is 76.4 cm³/mol. The topological polar surface area (TPSA) is 68.8 Å². The van der Waals surface area contributed by atoms with Crippen molar-refractivity contribution >= 4 is 17.9 Å². The molecule has 0 bridgehead atoms. The number of para-hydroxylation sites is 1. The quantitative estimate of drug-likeness (QED) is 0.747. The summed E-state index contributed by atoms with van der Waals surface area (Å²) >= 11 is 5.07. The molecule has 0 fully saturated rings. The van der Waals surface area contributed by atoms with Crippen LogP contribution < -0.4 is 5.32 Å². The monoisotopic (exact) mass is 303 g/mol. The van der Waals surface area contributed by atoms with Gasteiger partial charge in [-0.05, 0) is 24.4 Å². The Labute approximate surface area is 124 Å². The number of nitrogens with zero attached hydrogens (tertiary/aromatic N) is 4. The summed E-state index contributed by atoms with van der Waals surface area (Å²) in [5.74, 6) is -0.0786. The number of halogens is 1. The smallest absolute Gasteiger partial charge is 0.289 e. The highest BCUT2D eigenvalue weighted by Gasteiger charge is 2.09. The van der Waals surface area contributed by atoms with E-state index < -0.39 is 0 Å². The zero-order valence-electron chi connectivity index (χ0n) is 10.7. The minimum atomic E-state index is -0.346. The van der Waals surface area contributed by atoms with E-state index in [-0.39, 0.29) is 23.2 Å². The summed E-state index contributed by atoms with van der Waals surface area (Å²) < 4.78 is 20.3. The fraction of sp³-hybridized carbons (Fsp3) is 0.0769. The van der Waals surface area contributed by atoms with Crippen molar-refractivity contribution in [2.45, 2.75) is 6.67 Å². The van der Waals surface area contributed by atoms with Gasteiger partial charge in [0.15, 0.2) is 0 Å². The van der Waals surface area contributed by atoms with Crippen molar-refractivity contribution in [3.63, 3.8) is 0 Å². The first kappa shape index (κ1) is 13.4. The maximum atomic E-state index is 13.5. The molecule has 0 unspecified atom stereocenters. The van der Waals surface area contributed by atoms with Gasteiger partial charge in [0, 0.05) is 12.4 Å². The minimum absolute atomic E-state index is 0.166. The fourth-order valence-electron chi connectivity index (χ4n) is 1.68. The van der Waals surface area contributed by atoms with E-state index in [9.17, 15) is 4.39 Å². The Morgan fingerprint density at radius 3 is 2.90 bits per heavy atom. The number of hydrogen-bond acceptors (Lipinski definition) is 6. The van der Waals surface area contributed by atoms with Crippen LogP contribution in [0.2, 0.25) is 0 Å². The van der Waals surface area contributed by atoms with Gasteiger partial charge in [0.25, 0.3) is 10.7 Å². The first-order valence-corrected chi connectivity index (χ1v) is 6.47. The largest absolute Gasteiger partial charge is 0.407 e. The third-order valence-electron chi connectivity index (χ3n) is 2.68. The van der Waals surface area contributed by atoms with Crippen LogP contribution >= 0.6 is 12.2 Å². The molecule has 0 aliphatic rings. The van der Waals surface area contributed by atoms with E-state index >= 15 is 0 Å². The van der Waals surface area contributed by atoms with Gasteiger partial charge in [0.1, 0.15) is 18.2 Å². The fourth-order valence-corrected chi connectivity index (χ4v) is 1.87. The number of anilines is 1. The van der Waals surface area contributed by atoms with Gasteiger partial charge in [0.2, 0.25) is 0 Å². The van der Waals surface area contributed by atoms with Gasteiger partial charge in [-0.15, -0.1) is 5.10 Å². The normalized spacial score (nSPS) is 10.5. The van der Waals surface area contributed by atoms with Crippen molar-refractivity contribution in [1.82, 2.24) is 19.7 Å². The third-order valence-corrected chi connectivity index (χ3v) is 2.98. The molecule has 0 aliphatic heterocycles. The molecule has 106 valence electrons. The third kappa shape index (κ3) is 2.95. The molecule has 0 atom stereocenters. The SMILES string of the molecule is Fc1ccccc1NCn1nc(-c2cnccn2)oc1=S. The van der Waals surface area contributed by atoms with Crippen molar-refractivity contribution in [2.24, 2.45) is 0 Å². The van der Waals surface area contributed by atoms with Crippen LogP contribution in [0.15, 0.2) is 47.3 Å². The summed E-state index contributed by atoms with van der Waals surface area (Å²) in [6.07, 6.45) is 4.61. The highest BCUT2D eigenvalue weighted by Crippen LogP contribution is 2.15. The zero-order chi connectivity index (χ0) is 14.7. The Balaban J connectivity index is 1.80. The molecule has 0 aliphatic carbocycles. The standard InChI is InChI=1S/C13H10FN5OS/c14-9-3-1-2-4-10(9)17-8-19-13(21)20-12(18-19)11-7-15-5-6-16-11/h1-7,17H,8H2. The first-order chi connectivity index (χ1) is 10.2. The molecule has 2 heterocycles. The molecular weight excluding hydrogens is 293 g/mol. The lowest BCUT2D eigenvalue weighted by Crippen LogP contribution is -2.10. The van der Waals surface area contributed by atoms with Crippen LogP contribution in [-0.2, 0) is 6.67 Å². The van der Waals surface area contributed by atoms with Crippen LogP contribution in [0.4, 0.5) is 10.1 Å². The van der Waals surface area contributed by atoms with E-state index in [1.54, 1.807) is 24.4 Å². The molecule has 0 radical (unpaired) electrons. The van der Waals surface area contributed by atoms with Crippen molar-refractivity contribution < 1.29 is 8.81 Å². The second kappa shape index (κ2) is 5.80. The lowest BCUT2D eigenvalue weighted by molar-refractivity contribution is 0.520. The van der Waals surface area contributed by atoms with Gasteiger partial charge in [-0.2, -0.15) is 0 Å². The van der Waals surface area contributed by atoms with Gasteiger partial charge in [-0.1, -0.05) is 12.1 Å². The van der Waals surface area contributed by atoms with Crippen molar-refractivity contribution in [1.29, 1.82) is 0 Å². The molecule has 3 aromatic rings. The molecule has 6 nitrogen and oxygen atoms in total. The lowest BCUT2D eigenvalue weighted by atomic mass is 10.3. The Kier molecular flexibility index (Phi) is 3.69. The number of nitrogens with one attached hydrogen (secondary N) is 1. The van der Waals surface area contributed by atoms with E-state index in [0.29, 0.717) is 11.4 Å². The molecule has 0 saturated heterocycles. The maximum Gasteiger partial charge on any atom is 0.289 e. The van der Waals surface area contributed by atoms with Gasteiger partial charge >= 0.3 is 0 Å². The Bertz CT molecular complexity index is 802. The number of hydrogen-bond donors (Lipinski definition) is 1. The van der Waals surface area contributed by atoms with E-state index in [1.807, 2.05) is 0 Å². The molecule has 0 spiro atoms. The number of benzene rings is 1. The van der Waals surface area contributed by atoms with Gasteiger partial charge in [0.05, 0.1) is 11.9 Å². The predicted octanol–water partition coefficient (Wildman–Crippen LogP) is 2.87. The summed E-state index contributed by atoms with van der Waals surface area (Å²) in [5.41, 5.74) is 0.844. The molecule has 0 saturated carbocycles. The lowest BCUT2D eigenvalue weighted by Gasteiger charge is -2.05. The van der Waals surface area contributed by atoms with E-state index in [0.717, 1.165) is 0 Å². The summed E-state index contributed by atoms with van der Waals surface area (Å²) in [7, 11) is 0. The summed E-state index contributed by atoms with van der Waals surface area (Å²) in [4.78, 5) is 8.18.